The Morgan fingerprint density at radius 2 is 1.59 bits per heavy atom. The van der Waals surface area contributed by atoms with Crippen LogP contribution in [0.1, 0.15) is 37.8 Å². The lowest BCUT2D eigenvalue weighted by molar-refractivity contribution is -0.140. The van der Waals surface area contributed by atoms with E-state index in [4.69, 9.17) is 15.2 Å². The van der Waals surface area contributed by atoms with Crippen LogP contribution in [0, 0.1) is 0 Å². The maximum absolute atomic E-state index is 13.9. The average Bonchev–Trinajstić information content (AvgIpc) is 2.75. The molecule has 2 rings (SSSR count). The van der Waals surface area contributed by atoms with Gasteiger partial charge in [-0.15, -0.1) is 0 Å². The Bertz CT molecular complexity index is 901. The van der Waals surface area contributed by atoms with E-state index in [2.05, 4.69) is 5.32 Å². The molecule has 7 nitrogen and oxygen atoms in total. The lowest BCUT2D eigenvalue weighted by Crippen LogP contribution is -2.47. The number of rotatable bonds is 7. The highest BCUT2D eigenvalue weighted by Gasteiger charge is 2.45. The molecular formula is C22H28F3N3O4. The van der Waals surface area contributed by atoms with Crippen LogP contribution in [0.2, 0.25) is 0 Å². The number of hydrogen-bond acceptors (Lipinski definition) is 7. The Kier molecular flexibility index (Phi) is 8.08. The summed E-state index contributed by atoms with van der Waals surface area (Å²) in [4.78, 5) is 27.4. The number of carbonyl (C=O) groups excluding carboxylic acids is 2. The van der Waals surface area contributed by atoms with Crippen LogP contribution in [0.25, 0.3) is 0 Å². The van der Waals surface area contributed by atoms with Crippen LogP contribution in [0.5, 0.6) is 0 Å². The van der Waals surface area contributed by atoms with Gasteiger partial charge in [-0.05, 0) is 32.4 Å². The van der Waals surface area contributed by atoms with Gasteiger partial charge in [0.25, 0.3) is 0 Å². The number of nitrogens with one attached hydrogen (secondary N) is 1. The highest BCUT2D eigenvalue weighted by molar-refractivity contribution is 6.00. The molecule has 0 radical (unpaired) electrons. The van der Waals surface area contributed by atoms with Crippen molar-refractivity contribution in [3.8, 4) is 0 Å². The van der Waals surface area contributed by atoms with Crippen molar-refractivity contribution in [1.82, 2.24) is 10.2 Å². The minimum absolute atomic E-state index is 0.0726. The van der Waals surface area contributed by atoms with Crippen molar-refractivity contribution in [3.05, 3.63) is 57.9 Å². The van der Waals surface area contributed by atoms with Crippen LogP contribution < -0.4 is 11.1 Å². The van der Waals surface area contributed by atoms with Crippen molar-refractivity contribution in [3.63, 3.8) is 0 Å². The normalized spacial score (nSPS) is 16.3. The Morgan fingerprint density at radius 3 is 2.03 bits per heavy atom. The van der Waals surface area contributed by atoms with Gasteiger partial charge in [0.05, 0.1) is 43.0 Å². The zero-order valence-corrected chi connectivity index (χ0v) is 18.7. The predicted molar refractivity (Wildman–Crippen MR) is 112 cm³/mol. The smallest absolute Gasteiger partial charge is 0.416 e. The maximum atomic E-state index is 13.9. The van der Waals surface area contributed by atoms with Gasteiger partial charge in [-0.2, -0.15) is 13.2 Å². The van der Waals surface area contributed by atoms with E-state index in [-0.39, 0.29) is 16.7 Å². The van der Waals surface area contributed by atoms with Gasteiger partial charge in [-0.25, -0.2) is 9.59 Å². The molecule has 1 unspecified atom stereocenters. The summed E-state index contributed by atoms with van der Waals surface area (Å²) < 4.78 is 51.4. The van der Waals surface area contributed by atoms with E-state index >= 15 is 0 Å². The number of allylic oxidation sites excluding steroid dienone is 2. The first-order valence-corrected chi connectivity index (χ1v) is 9.98. The molecule has 1 heterocycles. The lowest BCUT2D eigenvalue weighted by atomic mass is 9.77. The molecule has 0 spiro atoms. The number of ether oxygens (including phenoxy) is 2. The Balaban J connectivity index is 2.88. The first-order chi connectivity index (χ1) is 15.0. The number of esters is 2. The molecule has 0 fully saturated rings. The van der Waals surface area contributed by atoms with Gasteiger partial charge >= 0.3 is 18.1 Å². The van der Waals surface area contributed by atoms with Crippen LogP contribution in [0.4, 0.5) is 13.2 Å². The topological polar surface area (TPSA) is 93.9 Å². The van der Waals surface area contributed by atoms with Crippen molar-refractivity contribution in [2.45, 2.75) is 39.0 Å². The van der Waals surface area contributed by atoms with Gasteiger partial charge in [-0.1, -0.05) is 18.2 Å². The third-order valence-electron chi connectivity index (χ3n) is 5.44. The van der Waals surface area contributed by atoms with E-state index in [1.165, 1.54) is 18.2 Å². The molecule has 10 heteroatoms. The Morgan fingerprint density at radius 1 is 1.09 bits per heavy atom. The molecule has 0 bridgehead atoms. The first kappa shape index (κ1) is 25.4. The number of hydrogen-bond donors (Lipinski definition) is 2. The molecular weight excluding hydrogens is 427 g/mol. The fourth-order valence-electron chi connectivity index (χ4n) is 4.11. The monoisotopic (exact) mass is 455 g/mol. The number of nitrogens with two attached hydrogens (primary N) is 1. The van der Waals surface area contributed by atoms with Crippen molar-refractivity contribution >= 4 is 11.9 Å². The summed E-state index contributed by atoms with van der Waals surface area (Å²) in [5, 5.41) is 3.16. The van der Waals surface area contributed by atoms with Crippen LogP contribution in [-0.2, 0) is 25.2 Å². The van der Waals surface area contributed by atoms with E-state index < -0.39 is 35.8 Å². The zero-order chi connectivity index (χ0) is 24.2. The third-order valence-corrected chi connectivity index (χ3v) is 5.44. The quantitative estimate of drug-likeness (QED) is 0.611. The second-order valence-corrected chi connectivity index (χ2v) is 7.29. The van der Waals surface area contributed by atoms with E-state index in [1.807, 2.05) is 0 Å². The van der Waals surface area contributed by atoms with Crippen LogP contribution >= 0.6 is 0 Å². The number of benzene rings is 1. The van der Waals surface area contributed by atoms with Crippen molar-refractivity contribution in [2.75, 3.05) is 27.3 Å². The molecule has 1 atom stereocenters. The second-order valence-electron chi connectivity index (χ2n) is 7.29. The van der Waals surface area contributed by atoms with Crippen LogP contribution in [0.15, 0.2) is 46.8 Å². The molecule has 1 aromatic carbocycles. The molecule has 0 aromatic heterocycles. The number of alkyl halides is 3. The SMILES string of the molecule is COC(=O)C1=C(C)N(C(C)NCCN)C(C)=C(C(=O)OC)C1c1ccccc1C(F)(F)F. The minimum atomic E-state index is -4.70. The molecule has 3 N–H and O–H groups in total. The van der Waals surface area contributed by atoms with Gasteiger partial charge in [0, 0.05) is 24.5 Å². The Hall–Kier alpha value is -2.85. The summed E-state index contributed by atoms with van der Waals surface area (Å²) in [6.07, 6.45) is -5.12. The van der Waals surface area contributed by atoms with Crippen molar-refractivity contribution in [2.24, 2.45) is 5.73 Å². The van der Waals surface area contributed by atoms with Crippen molar-refractivity contribution < 1.29 is 32.2 Å². The van der Waals surface area contributed by atoms with Gasteiger partial charge in [-0.3, -0.25) is 5.32 Å². The van der Waals surface area contributed by atoms with Crippen LogP contribution in [-0.4, -0.2) is 50.3 Å². The highest BCUT2D eigenvalue weighted by atomic mass is 19.4. The van der Waals surface area contributed by atoms with Crippen LogP contribution in [0.3, 0.4) is 0 Å². The summed E-state index contributed by atoms with van der Waals surface area (Å²) in [6, 6.07) is 4.85. The molecule has 0 saturated carbocycles. The minimum Gasteiger partial charge on any atom is -0.466 e. The molecule has 1 aromatic rings. The summed E-state index contributed by atoms with van der Waals surface area (Å²) >= 11 is 0. The van der Waals surface area contributed by atoms with E-state index in [0.717, 1.165) is 20.3 Å². The fraction of sp³-hybridized carbons (Fsp3) is 0.455. The van der Waals surface area contributed by atoms with Gasteiger partial charge < -0.3 is 20.1 Å². The maximum Gasteiger partial charge on any atom is 0.416 e. The summed E-state index contributed by atoms with van der Waals surface area (Å²) in [5.74, 6) is -3.01. The number of carbonyl (C=O) groups is 2. The third kappa shape index (κ3) is 4.81. The number of nitrogens with zero attached hydrogens (tertiary/aromatic N) is 1. The summed E-state index contributed by atoms with van der Waals surface area (Å²) in [6.45, 7) is 5.79. The largest absolute Gasteiger partial charge is 0.466 e. The molecule has 32 heavy (non-hydrogen) atoms. The average molecular weight is 455 g/mol. The van der Waals surface area contributed by atoms with Crippen molar-refractivity contribution in [1.29, 1.82) is 0 Å². The Labute approximate surface area is 185 Å². The molecule has 1 aliphatic rings. The molecule has 0 amide bonds. The predicted octanol–water partition coefficient (Wildman–Crippen LogP) is 2.89. The fourth-order valence-corrected chi connectivity index (χ4v) is 4.11. The second kappa shape index (κ2) is 10.2. The van der Waals surface area contributed by atoms with E-state index in [1.54, 1.807) is 25.7 Å². The standard InChI is InChI=1S/C22H28F3N3O4/c1-12-17(20(29)31-4)19(15-8-6-7-9-16(15)22(23,24)25)18(21(30)32-5)13(2)28(12)14(3)27-11-10-26/h6-9,14,19,27H,10-11,26H2,1-5H3. The van der Waals surface area contributed by atoms with Gasteiger partial charge in [0.2, 0.25) is 0 Å². The van der Waals surface area contributed by atoms with Gasteiger partial charge in [0.1, 0.15) is 0 Å². The molecule has 0 saturated heterocycles. The summed E-state index contributed by atoms with van der Waals surface area (Å²) in [5.41, 5.74) is 4.96. The lowest BCUT2D eigenvalue weighted by Gasteiger charge is -2.41. The summed E-state index contributed by atoms with van der Waals surface area (Å²) in [7, 11) is 2.28. The highest BCUT2D eigenvalue weighted by Crippen LogP contribution is 2.46. The van der Waals surface area contributed by atoms with E-state index in [0.29, 0.717) is 24.5 Å². The molecule has 0 aliphatic carbocycles. The number of halogens is 3. The van der Waals surface area contributed by atoms with Gasteiger partial charge in [0.15, 0.2) is 0 Å². The number of methoxy groups -OCH3 is 2. The zero-order valence-electron chi connectivity index (χ0n) is 18.7. The molecule has 1 aliphatic heterocycles. The molecule has 176 valence electrons. The first-order valence-electron chi connectivity index (χ1n) is 9.98. The van der Waals surface area contributed by atoms with E-state index in [9.17, 15) is 22.8 Å².